The summed E-state index contributed by atoms with van der Waals surface area (Å²) in [6.07, 6.45) is 0. The summed E-state index contributed by atoms with van der Waals surface area (Å²) in [5.41, 5.74) is -0.773. The molecule has 0 aliphatic rings. The van der Waals surface area contributed by atoms with Gasteiger partial charge in [-0.1, -0.05) is 18.1 Å². The summed E-state index contributed by atoms with van der Waals surface area (Å²) in [5.74, 6) is 0. The summed E-state index contributed by atoms with van der Waals surface area (Å²) in [6, 6.07) is -2.86. The highest BCUT2D eigenvalue weighted by atomic mass is 16.1. The van der Waals surface area contributed by atoms with Crippen molar-refractivity contribution < 1.29 is 8.22 Å². The molecule has 0 aliphatic heterocycles. The number of aryl methyl sites for hydroxylation is 1. The highest BCUT2D eigenvalue weighted by molar-refractivity contribution is 5.30. The first-order valence-electron chi connectivity index (χ1n) is 6.62. The molecule has 1 aromatic carbocycles. The van der Waals surface area contributed by atoms with Crippen LogP contribution in [-0.2, 0) is 0 Å². The lowest BCUT2D eigenvalue weighted by Crippen LogP contribution is -2.12. The minimum atomic E-state index is -0.754. The molecule has 3 heteroatoms. The van der Waals surface area contributed by atoms with Gasteiger partial charge in [0.1, 0.15) is 0 Å². The molecular weight excluding hydrogens is 164 g/mol. The van der Waals surface area contributed by atoms with Gasteiger partial charge >= 0.3 is 0 Å². The molecule has 0 fully saturated rings. The van der Waals surface area contributed by atoms with Crippen LogP contribution in [0.2, 0.25) is 0 Å². The van der Waals surface area contributed by atoms with Crippen LogP contribution in [0.1, 0.15) is 13.9 Å². The lowest BCUT2D eigenvalue weighted by atomic mass is 10.3. The lowest BCUT2D eigenvalue weighted by Gasteiger charge is -1.99. The summed E-state index contributed by atoms with van der Waals surface area (Å²) in [6.45, 7) is 1.50. The number of rotatable bonds is 1. The Bertz CT molecular complexity index is 704. The molecule has 0 radical (unpaired) electrons. The molecule has 1 aromatic heterocycles. The Balaban J connectivity index is 2.91. The average Bonchev–Trinajstić information content (AvgIpc) is 2.62. The van der Waals surface area contributed by atoms with E-state index in [2.05, 4.69) is 5.10 Å². The van der Waals surface area contributed by atoms with Crippen molar-refractivity contribution in [2.75, 3.05) is 0 Å². The van der Waals surface area contributed by atoms with Crippen LogP contribution < -0.4 is 5.56 Å². The van der Waals surface area contributed by atoms with E-state index in [-0.39, 0.29) is 17.4 Å². The van der Waals surface area contributed by atoms with Crippen LogP contribution in [0.5, 0.6) is 0 Å². The van der Waals surface area contributed by atoms with E-state index in [1.807, 2.05) is 0 Å². The van der Waals surface area contributed by atoms with Gasteiger partial charge < -0.3 is 0 Å². The van der Waals surface area contributed by atoms with Gasteiger partial charge in [0.25, 0.3) is 5.56 Å². The Morgan fingerprint density at radius 3 is 2.62 bits per heavy atom. The molecule has 66 valence electrons. The van der Waals surface area contributed by atoms with Gasteiger partial charge in [-0.05, 0) is 19.0 Å². The number of nitrogens with one attached hydrogen (secondary N) is 1. The predicted molar refractivity (Wildman–Crippen MR) is 51.1 cm³/mol. The molecule has 3 nitrogen and oxygen atoms in total. The van der Waals surface area contributed by atoms with Crippen molar-refractivity contribution in [3.63, 3.8) is 0 Å². The maximum Gasteiger partial charge on any atom is 0.271 e. The molecule has 0 aliphatic carbocycles. The van der Waals surface area contributed by atoms with Crippen molar-refractivity contribution in [1.82, 2.24) is 9.78 Å². The molecule has 0 spiro atoms. The lowest BCUT2D eigenvalue weighted by molar-refractivity contribution is 0.835. The summed E-state index contributed by atoms with van der Waals surface area (Å²) < 4.78 is 46.3. The van der Waals surface area contributed by atoms with E-state index in [9.17, 15) is 4.79 Å². The summed E-state index contributed by atoms with van der Waals surface area (Å²) >= 11 is 0. The quantitative estimate of drug-likeness (QED) is 0.709. The van der Waals surface area contributed by atoms with Gasteiger partial charge in [0.15, 0.2) is 0 Å². The van der Waals surface area contributed by atoms with Gasteiger partial charge in [0, 0.05) is 11.7 Å². The maximum atomic E-state index is 11.8. The van der Waals surface area contributed by atoms with Gasteiger partial charge in [-0.3, -0.25) is 9.89 Å². The molecule has 0 saturated heterocycles. The zero-order valence-electron chi connectivity index (χ0n) is 12.9. The van der Waals surface area contributed by atoms with Gasteiger partial charge in [-0.15, -0.1) is 0 Å². The smallest absolute Gasteiger partial charge is 0.271 e. The van der Waals surface area contributed by atoms with E-state index in [0.29, 0.717) is 0 Å². The minimum absolute atomic E-state index is 0.261. The molecule has 2 aromatic rings. The zero-order chi connectivity index (χ0) is 14.5. The average molecular weight is 180 g/mol. The molecule has 2 rings (SSSR count). The Labute approximate surface area is 84.1 Å². The van der Waals surface area contributed by atoms with E-state index in [1.54, 1.807) is 0 Å². The van der Waals surface area contributed by atoms with Crippen molar-refractivity contribution >= 4 is 0 Å². The monoisotopic (exact) mass is 180 g/mol. The normalized spacial score (nSPS) is 16.7. The number of hydrogen-bond donors (Lipinski definition) is 1. The Morgan fingerprint density at radius 1 is 1.38 bits per heavy atom. The minimum Gasteiger partial charge on any atom is -0.295 e. The highest BCUT2D eigenvalue weighted by Crippen LogP contribution is 2.02. The highest BCUT2D eigenvalue weighted by Gasteiger charge is 1.99. The van der Waals surface area contributed by atoms with Crippen molar-refractivity contribution in [1.29, 1.82) is 0 Å². The predicted octanol–water partition coefficient (Wildman–Crippen LogP) is 1.47. The Morgan fingerprint density at radius 2 is 2.08 bits per heavy atom. The standard InChI is InChI=1S/C10H10N2O/c1-8-7-10(13)12(11-8)9-5-3-2-4-6-9/h2-7,11H,1H3/i2D,3D,4D,5D,6D,7D. The van der Waals surface area contributed by atoms with Gasteiger partial charge in [-0.25, -0.2) is 4.68 Å². The first-order valence-corrected chi connectivity index (χ1v) is 3.62. The van der Waals surface area contributed by atoms with Crippen molar-refractivity contribution in [3.05, 3.63) is 52.3 Å². The third kappa shape index (κ3) is 1.40. The molecule has 1 N–H and O–H groups in total. The first kappa shape index (κ1) is 3.54. The van der Waals surface area contributed by atoms with E-state index in [4.69, 9.17) is 8.22 Å². The van der Waals surface area contributed by atoms with Gasteiger partial charge in [0.2, 0.25) is 0 Å². The van der Waals surface area contributed by atoms with Crippen LogP contribution in [0.15, 0.2) is 41.0 Å². The second-order valence-corrected chi connectivity index (χ2v) is 2.48. The molecule has 1 heterocycles. The van der Waals surface area contributed by atoms with Crippen LogP contribution in [0.3, 0.4) is 0 Å². The second-order valence-electron chi connectivity index (χ2n) is 2.48. The Kier molecular flexibility index (Phi) is 0.799. The first-order chi connectivity index (χ1) is 8.77. The van der Waals surface area contributed by atoms with Crippen LogP contribution in [0, 0.1) is 6.92 Å². The number of hydrogen-bond acceptors (Lipinski definition) is 1. The number of benzene rings is 1. The van der Waals surface area contributed by atoms with Gasteiger partial charge in [0.05, 0.1) is 13.9 Å². The van der Waals surface area contributed by atoms with Crippen molar-refractivity contribution in [2.24, 2.45) is 0 Å². The zero-order valence-corrected chi connectivity index (χ0v) is 6.86. The molecule has 0 saturated carbocycles. The molecular formula is C10H10N2O. The number of nitrogens with zero attached hydrogens (tertiary/aromatic N) is 1. The summed E-state index contributed by atoms with van der Waals surface area (Å²) in [5, 5.41) is 2.53. The number of aromatic amines is 1. The fourth-order valence-electron chi connectivity index (χ4n) is 0.975. The second kappa shape index (κ2) is 2.94. The third-order valence-corrected chi connectivity index (χ3v) is 1.49. The molecule has 13 heavy (non-hydrogen) atoms. The summed E-state index contributed by atoms with van der Waals surface area (Å²) in [4.78, 5) is 11.8. The SMILES string of the molecule is [2H]c1c([2H])c([2H])c(-n2[nH]c(C)c([2H])c2=O)c([2H])c1[2H]. The van der Waals surface area contributed by atoms with E-state index < -0.39 is 35.8 Å². The molecule has 0 amide bonds. The molecule has 0 bridgehead atoms. The van der Waals surface area contributed by atoms with E-state index in [0.717, 1.165) is 4.68 Å². The number of H-pyrrole nitrogens is 1. The molecule has 0 atom stereocenters. The Hall–Kier alpha value is -1.77. The van der Waals surface area contributed by atoms with Crippen LogP contribution >= 0.6 is 0 Å². The maximum absolute atomic E-state index is 11.8. The van der Waals surface area contributed by atoms with E-state index >= 15 is 0 Å². The topological polar surface area (TPSA) is 37.8 Å². The fraction of sp³-hybridized carbons (Fsp3) is 0.100. The largest absolute Gasteiger partial charge is 0.295 e. The van der Waals surface area contributed by atoms with Crippen LogP contribution in [0.25, 0.3) is 5.69 Å². The van der Waals surface area contributed by atoms with Crippen LogP contribution in [-0.4, -0.2) is 9.78 Å². The number of aromatic nitrogens is 2. The number of para-hydroxylation sites is 1. The van der Waals surface area contributed by atoms with E-state index in [1.165, 1.54) is 6.92 Å². The fourth-order valence-corrected chi connectivity index (χ4v) is 0.975. The van der Waals surface area contributed by atoms with Crippen LogP contribution in [0.4, 0.5) is 0 Å². The summed E-state index contributed by atoms with van der Waals surface area (Å²) in [7, 11) is 0. The van der Waals surface area contributed by atoms with Gasteiger partial charge in [-0.2, -0.15) is 0 Å². The third-order valence-electron chi connectivity index (χ3n) is 1.49. The van der Waals surface area contributed by atoms with Crippen molar-refractivity contribution in [3.8, 4) is 5.69 Å². The molecule has 0 unspecified atom stereocenters. The van der Waals surface area contributed by atoms with Crippen molar-refractivity contribution in [2.45, 2.75) is 6.92 Å².